The molecule has 30 heavy (non-hydrogen) atoms. The van der Waals surface area contributed by atoms with Gasteiger partial charge >= 0.3 is 5.97 Å². The number of carboxylic acid groups (broad SMARTS) is 1. The van der Waals surface area contributed by atoms with E-state index in [2.05, 4.69) is 21.2 Å². The highest BCUT2D eigenvalue weighted by Gasteiger charge is 2.18. The van der Waals surface area contributed by atoms with Crippen LogP contribution in [0.1, 0.15) is 44.1 Å². The predicted octanol–water partition coefficient (Wildman–Crippen LogP) is 5.89. The van der Waals surface area contributed by atoms with E-state index in [0.29, 0.717) is 28.1 Å². The van der Waals surface area contributed by atoms with Crippen LogP contribution >= 0.6 is 15.9 Å². The molecule has 1 fully saturated rings. The first-order chi connectivity index (χ1) is 14.4. The van der Waals surface area contributed by atoms with Gasteiger partial charge in [0.05, 0.1) is 4.47 Å². The lowest BCUT2D eigenvalue weighted by atomic mass is 10.0. The quantitative estimate of drug-likeness (QED) is 0.466. The van der Waals surface area contributed by atoms with Gasteiger partial charge in [0.25, 0.3) is 0 Å². The minimum absolute atomic E-state index is 0.0854. The van der Waals surface area contributed by atoms with Crippen molar-refractivity contribution in [1.29, 1.82) is 0 Å². The normalized spacial score (nSPS) is 14.5. The van der Waals surface area contributed by atoms with E-state index in [1.807, 2.05) is 0 Å². The molecule has 2 aromatic carbocycles. The SMILES string of the molecule is O=C(CCC1CCCC1)NC(=Cc1ccc(Oc2ccccc2F)c(Br)c1)C(=O)O. The lowest BCUT2D eigenvalue weighted by Gasteiger charge is -2.11. The van der Waals surface area contributed by atoms with Gasteiger partial charge in [-0.3, -0.25) is 4.79 Å². The van der Waals surface area contributed by atoms with Gasteiger partial charge in [-0.25, -0.2) is 9.18 Å². The van der Waals surface area contributed by atoms with E-state index in [1.165, 1.54) is 31.1 Å². The number of carboxylic acids is 1. The van der Waals surface area contributed by atoms with Crippen molar-refractivity contribution < 1.29 is 23.8 Å². The van der Waals surface area contributed by atoms with E-state index in [-0.39, 0.29) is 17.4 Å². The number of amides is 1. The summed E-state index contributed by atoms with van der Waals surface area (Å²) in [6.07, 6.45) is 7.18. The minimum atomic E-state index is -1.22. The molecule has 2 aromatic rings. The third kappa shape index (κ3) is 6.16. The average molecular weight is 476 g/mol. The fourth-order valence-corrected chi connectivity index (χ4v) is 3.98. The Bertz CT molecular complexity index is 954. The molecule has 0 spiro atoms. The number of hydrogen-bond acceptors (Lipinski definition) is 3. The van der Waals surface area contributed by atoms with Crippen LogP contribution in [0.4, 0.5) is 4.39 Å². The number of hydrogen-bond donors (Lipinski definition) is 2. The first-order valence-electron chi connectivity index (χ1n) is 9.89. The molecule has 1 aliphatic rings. The monoisotopic (exact) mass is 475 g/mol. The molecule has 0 heterocycles. The maximum Gasteiger partial charge on any atom is 0.352 e. The summed E-state index contributed by atoms with van der Waals surface area (Å²) in [5.74, 6) is -0.967. The van der Waals surface area contributed by atoms with Gasteiger partial charge < -0.3 is 15.2 Å². The highest BCUT2D eigenvalue weighted by molar-refractivity contribution is 9.10. The second-order valence-electron chi connectivity index (χ2n) is 7.32. The third-order valence-electron chi connectivity index (χ3n) is 5.08. The minimum Gasteiger partial charge on any atom is -0.477 e. The van der Waals surface area contributed by atoms with E-state index in [1.54, 1.807) is 30.3 Å². The molecule has 5 nitrogen and oxygen atoms in total. The van der Waals surface area contributed by atoms with E-state index >= 15 is 0 Å². The largest absolute Gasteiger partial charge is 0.477 e. The first kappa shape index (κ1) is 22.0. The topological polar surface area (TPSA) is 75.6 Å². The molecule has 0 aromatic heterocycles. The van der Waals surface area contributed by atoms with Crippen LogP contribution in [-0.2, 0) is 9.59 Å². The number of para-hydroxylation sites is 1. The number of rotatable bonds is 8. The zero-order valence-corrected chi connectivity index (χ0v) is 18.0. The summed E-state index contributed by atoms with van der Waals surface area (Å²) in [6, 6.07) is 10.9. The summed E-state index contributed by atoms with van der Waals surface area (Å²) in [7, 11) is 0. The van der Waals surface area contributed by atoms with Crippen LogP contribution in [0.2, 0.25) is 0 Å². The molecule has 1 aliphatic carbocycles. The van der Waals surface area contributed by atoms with Crippen molar-refractivity contribution in [2.75, 3.05) is 0 Å². The molecule has 7 heteroatoms. The van der Waals surface area contributed by atoms with E-state index < -0.39 is 11.8 Å². The van der Waals surface area contributed by atoms with Crippen LogP contribution in [-0.4, -0.2) is 17.0 Å². The van der Waals surface area contributed by atoms with Crippen molar-refractivity contribution in [2.24, 2.45) is 5.92 Å². The molecule has 1 saturated carbocycles. The molecule has 158 valence electrons. The highest BCUT2D eigenvalue weighted by atomic mass is 79.9. The van der Waals surface area contributed by atoms with Crippen LogP contribution in [0, 0.1) is 11.7 Å². The van der Waals surface area contributed by atoms with Crippen molar-refractivity contribution in [3.8, 4) is 11.5 Å². The Balaban J connectivity index is 1.67. The zero-order chi connectivity index (χ0) is 21.5. The fraction of sp³-hybridized carbons (Fsp3) is 0.304. The molecule has 0 aliphatic heterocycles. The first-order valence-corrected chi connectivity index (χ1v) is 10.7. The van der Waals surface area contributed by atoms with Crippen LogP contribution in [0.25, 0.3) is 6.08 Å². The van der Waals surface area contributed by atoms with E-state index in [0.717, 1.165) is 19.3 Å². The average Bonchev–Trinajstić information content (AvgIpc) is 3.23. The lowest BCUT2D eigenvalue weighted by molar-refractivity contribution is -0.134. The molecule has 2 N–H and O–H groups in total. The van der Waals surface area contributed by atoms with Crippen LogP contribution < -0.4 is 10.1 Å². The Morgan fingerprint density at radius 2 is 1.90 bits per heavy atom. The molecule has 1 amide bonds. The van der Waals surface area contributed by atoms with Crippen molar-refractivity contribution in [1.82, 2.24) is 5.32 Å². The summed E-state index contributed by atoms with van der Waals surface area (Å²) in [6.45, 7) is 0. The molecule has 0 unspecified atom stereocenters. The van der Waals surface area contributed by atoms with Gasteiger partial charge in [0.1, 0.15) is 11.4 Å². The Morgan fingerprint density at radius 1 is 1.17 bits per heavy atom. The second-order valence-corrected chi connectivity index (χ2v) is 8.18. The van der Waals surface area contributed by atoms with E-state index in [9.17, 15) is 19.1 Å². The summed E-state index contributed by atoms with van der Waals surface area (Å²) in [5, 5.41) is 11.9. The number of benzene rings is 2. The molecule has 3 rings (SSSR count). The third-order valence-corrected chi connectivity index (χ3v) is 5.70. The van der Waals surface area contributed by atoms with Gasteiger partial charge in [0, 0.05) is 6.42 Å². The van der Waals surface area contributed by atoms with Gasteiger partial charge in [0.2, 0.25) is 5.91 Å². The molecular weight excluding hydrogens is 453 g/mol. The van der Waals surface area contributed by atoms with Gasteiger partial charge in [-0.1, -0.05) is 43.9 Å². The Hall–Kier alpha value is -2.67. The van der Waals surface area contributed by atoms with Crippen molar-refractivity contribution >= 4 is 33.9 Å². The zero-order valence-electron chi connectivity index (χ0n) is 16.4. The maximum absolute atomic E-state index is 13.8. The van der Waals surface area contributed by atoms with Crippen molar-refractivity contribution in [3.63, 3.8) is 0 Å². The number of carbonyl (C=O) groups excluding carboxylic acids is 1. The molecule has 0 bridgehead atoms. The Morgan fingerprint density at radius 3 is 2.57 bits per heavy atom. The maximum atomic E-state index is 13.8. The van der Waals surface area contributed by atoms with E-state index in [4.69, 9.17) is 4.74 Å². The fourth-order valence-electron chi connectivity index (χ4n) is 3.50. The predicted molar refractivity (Wildman–Crippen MR) is 116 cm³/mol. The van der Waals surface area contributed by atoms with Gasteiger partial charge in [-0.15, -0.1) is 0 Å². The lowest BCUT2D eigenvalue weighted by Crippen LogP contribution is -2.27. The smallest absolute Gasteiger partial charge is 0.352 e. The summed E-state index contributed by atoms with van der Waals surface area (Å²) in [5.41, 5.74) is 0.359. The summed E-state index contributed by atoms with van der Waals surface area (Å²) in [4.78, 5) is 23.8. The van der Waals surface area contributed by atoms with Crippen LogP contribution in [0.5, 0.6) is 11.5 Å². The molecular formula is C23H23BrFNO4. The number of ether oxygens (including phenoxy) is 1. The second kappa shape index (κ2) is 10.4. The standard InChI is InChI=1S/C23H23BrFNO4/c24-17-13-16(9-11-20(17)30-21-8-4-3-7-18(21)25)14-19(23(28)29)26-22(27)12-10-15-5-1-2-6-15/h3-4,7-9,11,13-15H,1-2,5-6,10,12H2,(H,26,27)(H,28,29). The van der Waals surface area contributed by atoms with Gasteiger partial charge in [-0.05, 0) is 64.2 Å². The molecule has 0 saturated heterocycles. The molecule has 0 atom stereocenters. The highest BCUT2D eigenvalue weighted by Crippen LogP contribution is 2.32. The number of halogens is 2. The Kier molecular flexibility index (Phi) is 7.63. The van der Waals surface area contributed by atoms with Crippen molar-refractivity contribution in [3.05, 3.63) is 64.0 Å². The molecule has 0 radical (unpaired) electrons. The summed E-state index contributed by atoms with van der Waals surface area (Å²) >= 11 is 3.36. The van der Waals surface area contributed by atoms with Crippen LogP contribution in [0.15, 0.2) is 52.6 Å². The Labute approximate surface area is 183 Å². The number of aliphatic carboxylic acids is 1. The van der Waals surface area contributed by atoms with Gasteiger partial charge in [-0.2, -0.15) is 0 Å². The number of nitrogens with one attached hydrogen (secondary N) is 1. The van der Waals surface area contributed by atoms with Crippen molar-refractivity contribution in [2.45, 2.75) is 38.5 Å². The number of carbonyl (C=O) groups is 2. The summed E-state index contributed by atoms with van der Waals surface area (Å²) < 4.78 is 19.9. The van der Waals surface area contributed by atoms with Crippen LogP contribution in [0.3, 0.4) is 0 Å². The van der Waals surface area contributed by atoms with Gasteiger partial charge in [0.15, 0.2) is 11.6 Å².